The number of amides is 1. The molecule has 5 heteroatoms. The number of hydrogen-bond donors (Lipinski definition) is 2. The quantitative estimate of drug-likeness (QED) is 0.877. The van der Waals surface area contributed by atoms with Crippen LogP contribution in [0.15, 0.2) is 5.38 Å². The molecule has 2 N–H and O–H groups in total. The Kier molecular flexibility index (Phi) is 4.72. The van der Waals surface area contributed by atoms with Crippen molar-refractivity contribution < 1.29 is 4.79 Å². The van der Waals surface area contributed by atoms with Crippen LogP contribution in [0.5, 0.6) is 0 Å². The summed E-state index contributed by atoms with van der Waals surface area (Å²) in [6, 6.07) is -0.0248. The Balaban J connectivity index is 1.89. The second-order valence-electron chi connectivity index (χ2n) is 4.75. The molecule has 1 aromatic heterocycles. The number of aryl methyl sites for hydroxylation is 1. The Morgan fingerprint density at radius 3 is 3.11 bits per heavy atom. The maximum Gasteiger partial charge on any atom is 0.237 e. The number of rotatable bonds is 4. The van der Waals surface area contributed by atoms with Crippen molar-refractivity contribution in [3.63, 3.8) is 0 Å². The van der Waals surface area contributed by atoms with E-state index < -0.39 is 0 Å². The van der Waals surface area contributed by atoms with Gasteiger partial charge in [-0.3, -0.25) is 4.79 Å². The van der Waals surface area contributed by atoms with Crippen LogP contribution in [-0.4, -0.2) is 23.5 Å². The van der Waals surface area contributed by atoms with Gasteiger partial charge in [-0.05, 0) is 32.7 Å². The molecule has 100 valence electrons. The van der Waals surface area contributed by atoms with E-state index in [4.69, 9.17) is 0 Å². The van der Waals surface area contributed by atoms with Gasteiger partial charge in [0.2, 0.25) is 5.91 Å². The highest BCUT2D eigenvalue weighted by Crippen LogP contribution is 2.17. The Labute approximate surface area is 112 Å². The van der Waals surface area contributed by atoms with Gasteiger partial charge in [0.15, 0.2) is 0 Å². The number of hydrogen-bond acceptors (Lipinski definition) is 4. The Morgan fingerprint density at radius 1 is 1.67 bits per heavy atom. The number of piperidine rings is 1. The lowest BCUT2D eigenvalue weighted by Gasteiger charge is -2.24. The summed E-state index contributed by atoms with van der Waals surface area (Å²) in [4.78, 5) is 16.6. The van der Waals surface area contributed by atoms with E-state index >= 15 is 0 Å². The van der Waals surface area contributed by atoms with E-state index in [9.17, 15) is 4.79 Å². The van der Waals surface area contributed by atoms with E-state index in [-0.39, 0.29) is 18.0 Å². The number of thiazole rings is 1. The Morgan fingerprint density at radius 2 is 2.50 bits per heavy atom. The highest BCUT2D eigenvalue weighted by atomic mass is 32.1. The summed E-state index contributed by atoms with van der Waals surface area (Å²) in [7, 11) is 0. The number of nitrogens with one attached hydrogen (secondary N) is 2. The zero-order chi connectivity index (χ0) is 13.0. The van der Waals surface area contributed by atoms with Crippen LogP contribution in [0.3, 0.4) is 0 Å². The van der Waals surface area contributed by atoms with E-state index in [1.54, 1.807) is 11.3 Å². The molecule has 0 bridgehead atoms. The lowest BCUT2D eigenvalue weighted by molar-refractivity contribution is -0.124. The lowest BCUT2D eigenvalue weighted by Crippen LogP contribution is -2.47. The summed E-state index contributed by atoms with van der Waals surface area (Å²) in [5.41, 5.74) is 0.973. The molecule has 18 heavy (non-hydrogen) atoms. The molecule has 0 saturated carbocycles. The fourth-order valence-corrected chi connectivity index (χ4v) is 2.99. The molecule has 0 radical (unpaired) electrons. The van der Waals surface area contributed by atoms with Gasteiger partial charge in [-0.15, -0.1) is 11.3 Å². The molecule has 0 aliphatic carbocycles. The first-order chi connectivity index (χ1) is 8.70. The molecule has 2 heterocycles. The van der Waals surface area contributed by atoms with Gasteiger partial charge in [-0.2, -0.15) is 0 Å². The minimum atomic E-state index is -0.0227. The van der Waals surface area contributed by atoms with E-state index in [0.29, 0.717) is 0 Å². The molecular formula is C13H21N3OS. The molecule has 1 aromatic rings. The Hall–Kier alpha value is -0.940. The third-order valence-electron chi connectivity index (χ3n) is 3.30. The van der Waals surface area contributed by atoms with Gasteiger partial charge in [-0.1, -0.05) is 13.3 Å². The fraction of sp³-hybridized carbons (Fsp3) is 0.692. The number of carbonyl (C=O) groups excluding carboxylic acids is 1. The monoisotopic (exact) mass is 267 g/mol. The number of nitrogens with zero attached hydrogens (tertiary/aromatic N) is 1. The molecule has 2 atom stereocenters. The molecule has 2 rings (SSSR count). The molecule has 4 nitrogen and oxygen atoms in total. The molecule has 1 saturated heterocycles. The maximum absolute atomic E-state index is 12.1. The van der Waals surface area contributed by atoms with Crippen LogP contribution < -0.4 is 10.6 Å². The van der Waals surface area contributed by atoms with Gasteiger partial charge >= 0.3 is 0 Å². The van der Waals surface area contributed by atoms with Crippen LogP contribution >= 0.6 is 11.3 Å². The van der Waals surface area contributed by atoms with Crippen LogP contribution in [-0.2, 0) is 11.2 Å². The van der Waals surface area contributed by atoms with Crippen LogP contribution in [0.25, 0.3) is 0 Å². The smallest absolute Gasteiger partial charge is 0.237 e. The normalized spacial score (nSPS) is 21.6. The van der Waals surface area contributed by atoms with Crippen molar-refractivity contribution in [1.29, 1.82) is 0 Å². The summed E-state index contributed by atoms with van der Waals surface area (Å²) in [6.45, 7) is 5.04. The minimum Gasteiger partial charge on any atom is -0.347 e. The molecule has 0 spiro atoms. The standard InChI is InChI=1S/C13H21N3OS/c1-3-12-16-11(8-18-12)9(2)15-13(17)10-6-4-5-7-14-10/h8-10,14H,3-7H2,1-2H3,(H,15,17)/t9?,10-/m1/s1. The second kappa shape index (κ2) is 6.29. The highest BCUT2D eigenvalue weighted by Gasteiger charge is 2.22. The van der Waals surface area contributed by atoms with Crippen molar-refractivity contribution in [3.05, 3.63) is 16.1 Å². The average molecular weight is 267 g/mol. The van der Waals surface area contributed by atoms with Gasteiger partial charge < -0.3 is 10.6 Å². The van der Waals surface area contributed by atoms with E-state index in [2.05, 4.69) is 22.5 Å². The predicted molar refractivity (Wildman–Crippen MR) is 73.7 cm³/mol. The van der Waals surface area contributed by atoms with Crippen molar-refractivity contribution in [2.24, 2.45) is 0 Å². The Bertz CT molecular complexity index is 399. The van der Waals surface area contributed by atoms with Gasteiger partial charge in [0.05, 0.1) is 22.8 Å². The van der Waals surface area contributed by atoms with Crippen molar-refractivity contribution in [2.75, 3.05) is 6.54 Å². The molecule has 1 fully saturated rings. The van der Waals surface area contributed by atoms with Gasteiger partial charge in [0, 0.05) is 5.38 Å². The molecule has 1 aliphatic heterocycles. The summed E-state index contributed by atoms with van der Waals surface area (Å²) in [6.07, 6.45) is 4.20. The minimum absolute atomic E-state index is 0.00206. The predicted octanol–water partition coefficient (Wildman–Crippen LogP) is 2.02. The molecule has 1 aliphatic rings. The number of carbonyl (C=O) groups is 1. The van der Waals surface area contributed by atoms with Gasteiger partial charge in [0.1, 0.15) is 0 Å². The third kappa shape index (κ3) is 3.29. The van der Waals surface area contributed by atoms with E-state index in [1.165, 1.54) is 6.42 Å². The molecule has 1 amide bonds. The topological polar surface area (TPSA) is 54.0 Å². The van der Waals surface area contributed by atoms with Crippen molar-refractivity contribution in [2.45, 2.75) is 51.6 Å². The largest absolute Gasteiger partial charge is 0.347 e. The third-order valence-corrected chi connectivity index (χ3v) is 4.31. The first kappa shape index (κ1) is 13.5. The highest BCUT2D eigenvalue weighted by molar-refractivity contribution is 7.09. The van der Waals surface area contributed by atoms with Crippen LogP contribution in [0.4, 0.5) is 0 Å². The van der Waals surface area contributed by atoms with Crippen LogP contribution in [0.1, 0.15) is 49.9 Å². The zero-order valence-corrected chi connectivity index (χ0v) is 11.8. The summed E-state index contributed by atoms with van der Waals surface area (Å²) >= 11 is 1.66. The number of aromatic nitrogens is 1. The lowest BCUT2D eigenvalue weighted by atomic mass is 10.0. The fourth-order valence-electron chi connectivity index (χ4n) is 2.15. The van der Waals surface area contributed by atoms with Gasteiger partial charge in [0.25, 0.3) is 0 Å². The SMILES string of the molecule is CCc1nc(C(C)NC(=O)[C@H]2CCCCN2)cs1. The molecule has 1 unspecified atom stereocenters. The summed E-state index contributed by atoms with van der Waals surface area (Å²) < 4.78 is 0. The van der Waals surface area contributed by atoms with Gasteiger partial charge in [-0.25, -0.2) is 4.98 Å². The molecule has 0 aromatic carbocycles. The second-order valence-corrected chi connectivity index (χ2v) is 5.70. The maximum atomic E-state index is 12.1. The van der Waals surface area contributed by atoms with Crippen molar-refractivity contribution in [1.82, 2.24) is 15.6 Å². The summed E-state index contributed by atoms with van der Waals surface area (Å²) in [5, 5.41) is 9.47. The first-order valence-corrected chi connectivity index (χ1v) is 7.56. The zero-order valence-electron chi connectivity index (χ0n) is 11.0. The molecular weight excluding hydrogens is 246 g/mol. The average Bonchev–Trinajstić information content (AvgIpc) is 2.88. The van der Waals surface area contributed by atoms with E-state index in [1.807, 2.05) is 12.3 Å². The van der Waals surface area contributed by atoms with Crippen molar-refractivity contribution in [3.8, 4) is 0 Å². The van der Waals surface area contributed by atoms with Crippen molar-refractivity contribution >= 4 is 17.2 Å². The van der Waals surface area contributed by atoms with Crippen LogP contribution in [0.2, 0.25) is 0 Å². The summed E-state index contributed by atoms with van der Waals surface area (Å²) in [5.74, 6) is 0.105. The van der Waals surface area contributed by atoms with Crippen LogP contribution in [0, 0.1) is 0 Å². The first-order valence-electron chi connectivity index (χ1n) is 6.68. The van der Waals surface area contributed by atoms with E-state index in [0.717, 1.165) is 36.5 Å².